The lowest BCUT2D eigenvalue weighted by molar-refractivity contribution is 0.547. The van der Waals surface area contributed by atoms with Crippen LogP contribution in [0.1, 0.15) is 5.56 Å². The molecule has 0 unspecified atom stereocenters. The summed E-state index contributed by atoms with van der Waals surface area (Å²) in [6, 6.07) is 3.05. The number of aromatic nitrogens is 1. The molecule has 2 nitrogen and oxygen atoms in total. The molecule has 0 bridgehead atoms. The minimum atomic E-state index is -0.937. The van der Waals surface area contributed by atoms with Gasteiger partial charge in [-0.05, 0) is 11.6 Å². The summed E-state index contributed by atoms with van der Waals surface area (Å²) in [7, 11) is 0. The van der Waals surface area contributed by atoms with Gasteiger partial charge in [0, 0.05) is 31.1 Å². The van der Waals surface area contributed by atoms with Gasteiger partial charge in [0.15, 0.2) is 11.6 Å². The van der Waals surface area contributed by atoms with Crippen LogP contribution in [0.5, 0.6) is 0 Å². The lowest BCUT2D eigenvalue weighted by Crippen LogP contribution is -2.03. The van der Waals surface area contributed by atoms with E-state index in [4.69, 9.17) is 0 Å². The van der Waals surface area contributed by atoms with E-state index in [1.807, 2.05) is 0 Å². The summed E-state index contributed by atoms with van der Waals surface area (Å²) < 4.78 is 39.0. The van der Waals surface area contributed by atoms with Crippen molar-refractivity contribution >= 4 is 5.69 Å². The predicted octanol–water partition coefficient (Wildman–Crippen LogP) is 3.04. The monoisotopic (exact) mass is 226 g/mol. The van der Waals surface area contributed by atoms with Gasteiger partial charge in [-0.2, -0.15) is 0 Å². The molecule has 0 spiro atoms. The predicted molar refractivity (Wildman–Crippen MR) is 54.4 cm³/mol. The van der Waals surface area contributed by atoms with Crippen LogP contribution in [0.25, 0.3) is 0 Å². The Bertz CT molecular complexity index is 457. The number of hydrogen-bond acceptors (Lipinski definition) is 1. The first-order valence-electron chi connectivity index (χ1n) is 4.67. The molecule has 84 valence electrons. The third-order valence-electron chi connectivity index (χ3n) is 2.14. The molecule has 0 aliphatic rings. The highest BCUT2D eigenvalue weighted by molar-refractivity contribution is 5.46. The van der Waals surface area contributed by atoms with E-state index in [1.54, 1.807) is 18.5 Å². The Morgan fingerprint density at radius 1 is 1.12 bits per heavy atom. The summed E-state index contributed by atoms with van der Waals surface area (Å²) in [5.74, 6) is -2.80. The van der Waals surface area contributed by atoms with Crippen molar-refractivity contribution in [2.75, 3.05) is 5.32 Å². The molecular weight excluding hydrogens is 217 g/mol. The van der Waals surface area contributed by atoms with Crippen molar-refractivity contribution in [1.82, 2.24) is 4.98 Å². The second-order valence-electron chi connectivity index (χ2n) is 3.32. The van der Waals surface area contributed by atoms with Crippen LogP contribution in [0.15, 0.2) is 30.6 Å². The largest absolute Gasteiger partial charge is 0.376 e. The van der Waals surface area contributed by atoms with E-state index in [9.17, 15) is 13.2 Å². The zero-order valence-electron chi connectivity index (χ0n) is 8.23. The van der Waals surface area contributed by atoms with Crippen LogP contribution in [0, 0.1) is 17.5 Å². The Kier molecular flexibility index (Phi) is 2.85. The Labute approximate surface area is 90.1 Å². The van der Waals surface area contributed by atoms with Crippen LogP contribution >= 0.6 is 0 Å². The SMILES string of the molecule is Fc1cc(F)c(NCc2cc[nH]c2)c(F)c1. The zero-order chi connectivity index (χ0) is 11.5. The molecule has 0 fully saturated rings. The number of anilines is 1. The summed E-state index contributed by atoms with van der Waals surface area (Å²) in [6.45, 7) is 0.267. The first-order valence-corrected chi connectivity index (χ1v) is 4.67. The summed E-state index contributed by atoms with van der Waals surface area (Å²) >= 11 is 0. The van der Waals surface area contributed by atoms with Crippen molar-refractivity contribution in [1.29, 1.82) is 0 Å². The molecule has 1 heterocycles. The van der Waals surface area contributed by atoms with Gasteiger partial charge in [-0.25, -0.2) is 13.2 Å². The van der Waals surface area contributed by atoms with Crippen molar-refractivity contribution < 1.29 is 13.2 Å². The van der Waals surface area contributed by atoms with Gasteiger partial charge in [-0.1, -0.05) is 0 Å². The highest BCUT2D eigenvalue weighted by Gasteiger charge is 2.10. The maximum atomic E-state index is 13.2. The number of hydrogen-bond donors (Lipinski definition) is 2. The van der Waals surface area contributed by atoms with Gasteiger partial charge in [-0.15, -0.1) is 0 Å². The van der Waals surface area contributed by atoms with Gasteiger partial charge in [0.1, 0.15) is 11.5 Å². The van der Waals surface area contributed by atoms with E-state index >= 15 is 0 Å². The third-order valence-corrected chi connectivity index (χ3v) is 2.14. The highest BCUT2D eigenvalue weighted by Crippen LogP contribution is 2.20. The molecule has 0 aliphatic heterocycles. The minimum Gasteiger partial charge on any atom is -0.376 e. The third kappa shape index (κ3) is 2.18. The molecule has 2 N–H and O–H groups in total. The minimum absolute atomic E-state index is 0.267. The van der Waals surface area contributed by atoms with Gasteiger partial charge in [0.05, 0.1) is 0 Å². The van der Waals surface area contributed by atoms with Crippen molar-refractivity contribution in [2.24, 2.45) is 0 Å². The van der Waals surface area contributed by atoms with Crippen LogP contribution in [0.2, 0.25) is 0 Å². The topological polar surface area (TPSA) is 27.8 Å². The molecule has 0 aliphatic carbocycles. The lowest BCUT2D eigenvalue weighted by Gasteiger charge is -2.07. The fourth-order valence-electron chi connectivity index (χ4n) is 1.37. The van der Waals surface area contributed by atoms with Crippen LogP contribution in [0.4, 0.5) is 18.9 Å². The second kappa shape index (κ2) is 4.30. The maximum absolute atomic E-state index is 13.2. The van der Waals surface area contributed by atoms with Gasteiger partial charge < -0.3 is 10.3 Å². The molecule has 1 aromatic heterocycles. The molecular formula is C11H9F3N2. The number of H-pyrrole nitrogens is 1. The Balaban J connectivity index is 2.15. The molecule has 0 amide bonds. The molecule has 0 saturated heterocycles. The van der Waals surface area contributed by atoms with Crippen molar-refractivity contribution in [3.63, 3.8) is 0 Å². The van der Waals surface area contributed by atoms with E-state index < -0.39 is 17.5 Å². The fraction of sp³-hybridized carbons (Fsp3) is 0.0909. The average Bonchev–Trinajstić information content (AvgIpc) is 2.68. The molecule has 2 aromatic rings. The molecule has 0 radical (unpaired) electrons. The van der Waals surface area contributed by atoms with E-state index in [0.29, 0.717) is 12.1 Å². The number of nitrogens with one attached hydrogen (secondary N) is 2. The Morgan fingerprint density at radius 3 is 2.38 bits per heavy atom. The van der Waals surface area contributed by atoms with Gasteiger partial charge in [0.2, 0.25) is 0 Å². The molecule has 0 saturated carbocycles. The van der Waals surface area contributed by atoms with E-state index in [2.05, 4.69) is 10.3 Å². The molecule has 2 rings (SSSR count). The Morgan fingerprint density at radius 2 is 1.81 bits per heavy atom. The number of halogens is 3. The van der Waals surface area contributed by atoms with E-state index in [0.717, 1.165) is 5.56 Å². The number of aromatic amines is 1. The van der Waals surface area contributed by atoms with Crippen molar-refractivity contribution in [2.45, 2.75) is 6.54 Å². The molecule has 5 heteroatoms. The van der Waals surface area contributed by atoms with Crippen LogP contribution in [-0.2, 0) is 6.54 Å². The highest BCUT2D eigenvalue weighted by atomic mass is 19.1. The molecule has 0 atom stereocenters. The fourth-order valence-corrected chi connectivity index (χ4v) is 1.37. The van der Waals surface area contributed by atoms with E-state index in [1.165, 1.54) is 0 Å². The van der Waals surface area contributed by atoms with Gasteiger partial charge in [-0.3, -0.25) is 0 Å². The quantitative estimate of drug-likeness (QED) is 0.827. The molecule has 1 aromatic carbocycles. The zero-order valence-corrected chi connectivity index (χ0v) is 8.23. The molecule has 16 heavy (non-hydrogen) atoms. The lowest BCUT2D eigenvalue weighted by atomic mass is 10.2. The second-order valence-corrected chi connectivity index (χ2v) is 3.32. The summed E-state index contributed by atoms with van der Waals surface area (Å²) in [4.78, 5) is 2.82. The summed E-state index contributed by atoms with van der Waals surface area (Å²) in [5, 5.41) is 2.57. The van der Waals surface area contributed by atoms with Crippen molar-refractivity contribution in [3.8, 4) is 0 Å². The summed E-state index contributed by atoms with van der Waals surface area (Å²) in [5.41, 5.74) is 0.533. The normalized spacial score (nSPS) is 10.4. The van der Waals surface area contributed by atoms with Gasteiger partial charge in [0.25, 0.3) is 0 Å². The van der Waals surface area contributed by atoms with Crippen LogP contribution in [0.3, 0.4) is 0 Å². The van der Waals surface area contributed by atoms with Crippen molar-refractivity contribution in [3.05, 3.63) is 53.6 Å². The summed E-state index contributed by atoms with van der Waals surface area (Å²) in [6.07, 6.45) is 3.40. The number of benzene rings is 1. The standard InChI is InChI=1S/C11H9F3N2/c12-8-3-9(13)11(10(14)4-8)16-6-7-1-2-15-5-7/h1-5,15-16H,6H2. The average molecular weight is 226 g/mol. The Hall–Kier alpha value is -1.91. The maximum Gasteiger partial charge on any atom is 0.152 e. The van der Waals surface area contributed by atoms with E-state index in [-0.39, 0.29) is 12.2 Å². The first-order chi connectivity index (χ1) is 7.66. The van der Waals surface area contributed by atoms with Crippen LogP contribution in [-0.4, -0.2) is 4.98 Å². The van der Waals surface area contributed by atoms with Gasteiger partial charge >= 0.3 is 0 Å². The smallest absolute Gasteiger partial charge is 0.152 e. The number of rotatable bonds is 3. The van der Waals surface area contributed by atoms with Crippen LogP contribution < -0.4 is 5.32 Å². The first kappa shape index (κ1) is 10.6.